The number of nitrogen functional groups attached to an aromatic ring is 1. The van der Waals surface area contributed by atoms with Gasteiger partial charge in [-0.05, 0) is 5.56 Å². The van der Waals surface area contributed by atoms with Crippen molar-refractivity contribution in [3.05, 3.63) is 59.8 Å². The zero-order valence-corrected chi connectivity index (χ0v) is 16.4. The van der Waals surface area contributed by atoms with Crippen molar-refractivity contribution in [2.45, 2.75) is 17.4 Å². The molecule has 0 radical (unpaired) electrons. The Morgan fingerprint density at radius 1 is 1.38 bits per heavy atom. The minimum Gasteiger partial charge on any atom is -0.384 e. The van der Waals surface area contributed by atoms with Crippen molar-refractivity contribution in [3.63, 3.8) is 0 Å². The summed E-state index contributed by atoms with van der Waals surface area (Å²) < 4.78 is 0. The summed E-state index contributed by atoms with van der Waals surface area (Å²) in [5.41, 5.74) is 7.47. The van der Waals surface area contributed by atoms with Crippen LogP contribution < -0.4 is 16.0 Å². The molecular weight excluding hydrogens is 390 g/mol. The van der Waals surface area contributed by atoms with E-state index in [1.165, 1.54) is 16.7 Å². The number of hydrogen-bond donors (Lipinski definition) is 3. The van der Waals surface area contributed by atoms with Crippen LogP contribution in [0.25, 0.3) is 0 Å². The highest BCUT2D eigenvalue weighted by molar-refractivity contribution is 7.99. The van der Waals surface area contributed by atoms with E-state index in [0.29, 0.717) is 29.5 Å². The minimum absolute atomic E-state index is 0.00376. The maximum atomic E-state index is 12.8. The first kappa shape index (κ1) is 18.9. The molecular formula is C19H19N7O2S. The first-order chi connectivity index (χ1) is 14.0. The molecule has 2 aromatic heterocycles. The number of aromatic nitrogens is 4. The predicted octanol–water partition coefficient (Wildman–Crippen LogP) is 1.24. The molecule has 0 saturated carbocycles. The van der Waals surface area contributed by atoms with E-state index < -0.39 is 11.9 Å². The Morgan fingerprint density at radius 3 is 2.97 bits per heavy atom. The van der Waals surface area contributed by atoms with E-state index in [4.69, 9.17) is 5.73 Å². The van der Waals surface area contributed by atoms with Gasteiger partial charge in [-0.15, -0.1) is 16.9 Å². The van der Waals surface area contributed by atoms with Gasteiger partial charge >= 0.3 is 0 Å². The monoisotopic (exact) mass is 409 g/mol. The molecule has 148 valence electrons. The number of benzene rings is 1. The Kier molecular flexibility index (Phi) is 5.17. The van der Waals surface area contributed by atoms with Crippen LogP contribution in [0.15, 0.2) is 47.5 Å². The molecule has 0 aliphatic carbocycles. The molecule has 10 heteroatoms. The van der Waals surface area contributed by atoms with Gasteiger partial charge in [0.15, 0.2) is 0 Å². The molecule has 1 aliphatic heterocycles. The van der Waals surface area contributed by atoms with Crippen LogP contribution in [-0.4, -0.2) is 50.8 Å². The topological polar surface area (TPSA) is 130 Å². The number of hydrogen-bond acceptors (Lipinski definition) is 7. The molecule has 3 heterocycles. The van der Waals surface area contributed by atoms with Crippen molar-refractivity contribution < 1.29 is 9.59 Å². The summed E-state index contributed by atoms with van der Waals surface area (Å²) in [6.07, 6.45) is 2.17. The Morgan fingerprint density at radius 2 is 2.17 bits per heavy atom. The van der Waals surface area contributed by atoms with Crippen molar-refractivity contribution >= 4 is 35.1 Å². The van der Waals surface area contributed by atoms with Crippen LogP contribution in [-0.2, 0) is 11.2 Å². The van der Waals surface area contributed by atoms with Crippen LogP contribution in [0.4, 0.5) is 11.5 Å². The van der Waals surface area contributed by atoms with E-state index in [0.717, 1.165) is 10.5 Å². The maximum Gasteiger partial charge on any atom is 0.291 e. The number of aromatic amines is 1. The zero-order valence-electron chi connectivity index (χ0n) is 15.6. The molecule has 0 bridgehead atoms. The van der Waals surface area contributed by atoms with Crippen molar-refractivity contribution in [1.29, 1.82) is 0 Å². The second-order valence-corrected chi connectivity index (χ2v) is 7.64. The largest absolute Gasteiger partial charge is 0.384 e. The smallest absolute Gasteiger partial charge is 0.291 e. The third-order valence-corrected chi connectivity index (χ3v) is 5.64. The summed E-state index contributed by atoms with van der Waals surface area (Å²) in [5, 5.41) is 9.50. The first-order valence-corrected chi connectivity index (χ1v) is 9.92. The Labute approximate surface area is 171 Å². The molecule has 0 unspecified atom stereocenters. The number of carbonyl (C=O) groups excluding carboxylic acids is 2. The molecule has 1 aromatic carbocycles. The molecule has 2 amide bonds. The summed E-state index contributed by atoms with van der Waals surface area (Å²) >= 11 is 1.43. The molecule has 1 atom stereocenters. The van der Waals surface area contributed by atoms with Crippen LogP contribution in [0.1, 0.15) is 22.0 Å². The summed E-state index contributed by atoms with van der Waals surface area (Å²) in [6, 6.07) is 10.7. The van der Waals surface area contributed by atoms with Gasteiger partial charge in [-0.3, -0.25) is 14.7 Å². The van der Waals surface area contributed by atoms with E-state index >= 15 is 0 Å². The van der Waals surface area contributed by atoms with Gasteiger partial charge in [0.05, 0.1) is 5.69 Å². The predicted molar refractivity (Wildman–Crippen MR) is 110 cm³/mol. The number of likely N-dealkylation sites (N-methyl/N-ethyl adjacent to an activating group) is 1. The maximum absolute atomic E-state index is 12.8. The lowest BCUT2D eigenvalue weighted by Gasteiger charge is -2.21. The summed E-state index contributed by atoms with van der Waals surface area (Å²) in [5.74, 6) is 0.539. The van der Waals surface area contributed by atoms with Crippen molar-refractivity contribution in [2.24, 2.45) is 0 Å². The van der Waals surface area contributed by atoms with E-state index in [1.807, 2.05) is 30.3 Å². The molecule has 0 saturated heterocycles. The quantitative estimate of drug-likeness (QED) is 0.591. The third kappa shape index (κ3) is 4.06. The fourth-order valence-corrected chi connectivity index (χ4v) is 4.05. The Bertz CT molecular complexity index is 1050. The molecule has 4 rings (SSSR count). The Hall–Kier alpha value is -3.40. The fourth-order valence-electron chi connectivity index (χ4n) is 3.01. The number of amides is 2. The highest BCUT2D eigenvalue weighted by Crippen LogP contribution is 2.34. The normalized spacial score (nSPS) is 16.2. The van der Waals surface area contributed by atoms with Crippen LogP contribution in [0, 0.1) is 0 Å². The molecule has 29 heavy (non-hydrogen) atoms. The Balaban J connectivity index is 1.45. The lowest BCUT2D eigenvalue weighted by Crippen LogP contribution is -2.48. The second-order valence-electron chi connectivity index (χ2n) is 6.58. The van der Waals surface area contributed by atoms with E-state index in [2.05, 4.69) is 25.5 Å². The number of anilines is 2. The molecule has 4 N–H and O–H groups in total. The SMILES string of the molecule is CN1C(=O)[C@@H](NC(=O)c2n[nH]c(Cc3ccccc3)n2)CSc2cnc(N)cc21. The van der Waals surface area contributed by atoms with Gasteiger partial charge in [-0.1, -0.05) is 30.3 Å². The van der Waals surface area contributed by atoms with Gasteiger partial charge < -0.3 is 16.0 Å². The van der Waals surface area contributed by atoms with Crippen molar-refractivity contribution in [3.8, 4) is 0 Å². The average molecular weight is 409 g/mol. The van der Waals surface area contributed by atoms with Gasteiger partial charge in [-0.2, -0.15) is 0 Å². The van der Waals surface area contributed by atoms with Crippen LogP contribution in [0.3, 0.4) is 0 Å². The number of pyridine rings is 1. The highest BCUT2D eigenvalue weighted by atomic mass is 32.2. The second kappa shape index (κ2) is 7.92. The molecule has 1 aliphatic rings. The summed E-state index contributed by atoms with van der Waals surface area (Å²) in [4.78, 5) is 36.1. The average Bonchev–Trinajstić information content (AvgIpc) is 3.16. The van der Waals surface area contributed by atoms with Gasteiger partial charge in [0.1, 0.15) is 17.7 Å². The van der Waals surface area contributed by atoms with Crippen LogP contribution in [0.2, 0.25) is 0 Å². The van der Waals surface area contributed by atoms with E-state index in [9.17, 15) is 9.59 Å². The lowest BCUT2D eigenvalue weighted by atomic mass is 10.1. The minimum atomic E-state index is -0.720. The molecule has 0 spiro atoms. The third-order valence-electron chi connectivity index (χ3n) is 4.52. The standard InChI is InChI=1S/C19H19N7O2S/c1-26-13-8-15(20)21-9-14(13)29-10-12(19(26)28)22-18(27)17-23-16(24-25-17)7-11-5-3-2-4-6-11/h2-6,8-9,12H,7,10H2,1H3,(H2,20,21)(H,22,27)(H,23,24,25)/t12-/m0/s1. The number of nitrogens with zero attached hydrogens (tertiary/aromatic N) is 4. The molecule has 3 aromatic rings. The highest BCUT2D eigenvalue weighted by Gasteiger charge is 2.31. The molecule has 0 fully saturated rings. The van der Waals surface area contributed by atoms with Crippen LogP contribution >= 0.6 is 11.8 Å². The van der Waals surface area contributed by atoms with Gasteiger partial charge in [0, 0.05) is 36.4 Å². The number of fused-ring (bicyclic) bond motifs is 1. The number of nitrogens with two attached hydrogens (primary N) is 1. The number of nitrogens with one attached hydrogen (secondary N) is 2. The number of H-pyrrole nitrogens is 1. The summed E-state index contributed by atoms with van der Waals surface area (Å²) in [7, 11) is 1.65. The van der Waals surface area contributed by atoms with Crippen molar-refractivity contribution in [2.75, 3.05) is 23.4 Å². The van der Waals surface area contributed by atoms with E-state index in [-0.39, 0.29) is 11.7 Å². The lowest BCUT2D eigenvalue weighted by molar-refractivity contribution is -0.119. The number of thioether (sulfide) groups is 1. The summed E-state index contributed by atoms with van der Waals surface area (Å²) in [6.45, 7) is 0. The number of carbonyl (C=O) groups is 2. The first-order valence-electron chi connectivity index (χ1n) is 8.93. The van der Waals surface area contributed by atoms with Gasteiger partial charge in [0.2, 0.25) is 11.7 Å². The van der Waals surface area contributed by atoms with Crippen molar-refractivity contribution in [1.82, 2.24) is 25.5 Å². The molecule has 9 nitrogen and oxygen atoms in total. The number of rotatable bonds is 4. The van der Waals surface area contributed by atoms with Gasteiger partial charge in [-0.25, -0.2) is 9.97 Å². The van der Waals surface area contributed by atoms with E-state index in [1.54, 1.807) is 19.3 Å². The van der Waals surface area contributed by atoms with Gasteiger partial charge in [0.25, 0.3) is 5.91 Å². The zero-order chi connectivity index (χ0) is 20.4. The van der Waals surface area contributed by atoms with Crippen LogP contribution in [0.5, 0.6) is 0 Å². The fraction of sp³-hybridized carbons (Fsp3) is 0.211.